The molecule has 1 N–H and O–H groups in total. The van der Waals surface area contributed by atoms with Crippen molar-refractivity contribution in [2.75, 3.05) is 44.1 Å². The van der Waals surface area contributed by atoms with Gasteiger partial charge in [0.1, 0.15) is 0 Å². The van der Waals surface area contributed by atoms with Crippen LogP contribution in [-0.4, -0.2) is 48.8 Å². The highest BCUT2D eigenvalue weighted by Crippen LogP contribution is 2.18. The SMILES string of the molecule is CNc1nc(Cl)nc(N(C)CC2CCCOC2)n1. The maximum atomic E-state index is 5.86. The summed E-state index contributed by atoms with van der Waals surface area (Å²) < 4.78 is 5.47. The highest BCUT2D eigenvalue weighted by molar-refractivity contribution is 6.28. The molecule has 6 nitrogen and oxygen atoms in total. The molecule has 7 heteroatoms. The molecule has 1 aromatic heterocycles. The largest absolute Gasteiger partial charge is 0.381 e. The minimum Gasteiger partial charge on any atom is -0.381 e. The average molecular weight is 272 g/mol. The minimum absolute atomic E-state index is 0.205. The first-order chi connectivity index (χ1) is 8.69. The van der Waals surface area contributed by atoms with Crippen molar-refractivity contribution in [3.63, 3.8) is 0 Å². The van der Waals surface area contributed by atoms with Crippen molar-refractivity contribution in [2.24, 2.45) is 5.92 Å². The summed E-state index contributed by atoms with van der Waals surface area (Å²) >= 11 is 5.86. The zero-order chi connectivity index (χ0) is 13.0. The van der Waals surface area contributed by atoms with E-state index in [-0.39, 0.29) is 5.28 Å². The second-order valence-corrected chi connectivity index (χ2v) is 4.78. The van der Waals surface area contributed by atoms with Crippen LogP contribution >= 0.6 is 11.6 Å². The number of anilines is 2. The van der Waals surface area contributed by atoms with Gasteiger partial charge in [-0.1, -0.05) is 0 Å². The number of rotatable bonds is 4. The number of nitrogens with zero attached hydrogens (tertiary/aromatic N) is 4. The van der Waals surface area contributed by atoms with Crippen molar-refractivity contribution in [3.05, 3.63) is 5.28 Å². The van der Waals surface area contributed by atoms with Gasteiger partial charge in [-0.3, -0.25) is 0 Å². The summed E-state index contributed by atoms with van der Waals surface area (Å²) in [6.45, 7) is 2.55. The minimum atomic E-state index is 0.205. The number of nitrogens with one attached hydrogen (secondary N) is 1. The summed E-state index contributed by atoms with van der Waals surface area (Å²) in [5, 5.41) is 3.07. The first kappa shape index (κ1) is 13.3. The number of hydrogen-bond donors (Lipinski definition) is 1. The predicted octanol–water partition coefficient (Wildman–Crippen LogP) is 1.43. The Kier molecular flexibility index (Phi) is 4.54. The maximum absolute atomic E-state index is 5.86. The van der Waals surface area contributed by atoms with E-state index in [9.17, 15) is 0 Å². The molecule has 0 aliphatic carbocycles. The van der Waals surface area contributed by atoms with Gasteiger partial charge >= 0.3 is 0 Å². The lowest BCUT2D eigenvalue weighted by atomic mass is 10.0. The van der Waals surface area contributed by atoms with Gasteiger partial charge in [0, 0.05) is 27.2 Å². The molecule has 2 heterocycles. The van der Waals surface area contributed by atoms with Gasteiger partial charge in [0.15, 0.2) is 0 Å². The Morgan fingerprint density at radius 1 is 1.44 bits per heavy atom. The van der Waals surface area contributed by atoms with Crippen molar-refractivity contribution in [2.45, 2.75) is 12.8 Å². The Hall–Kier alpha value is -1.14. The van der Waals surface area contributed by atoms with Crippen LogP contribution in [0.2, 0.25) is 5.28 Å². The summed E-state index contributed by atoms with van der Waals surface area (Å²) in [4.78, 5) is 14.4. The van der Waals surface area contributed by atoms with E-state index < -0.39 is 0 Å². The van der Waals surface area contributed by atoms with Gasteiger partial charge in [-0.15, -0.1) is 0 Å². The quantitative estimate of drug-likeness (QED) is 0.894. The Bertz CT molecular complexity index is 397. The molecule has 1 fully saturated rings. The second-order valence-electron chi connectivity index (χ2n) is 4.44. The average Bonchev–Trinajstić information content (AvgIpc) is 2.39. The van der Waals surface area contributed by atoms with Crippen molar-refractivity contribution in [1.29, 1.82) is 0 Å². The standard InChI is InChI=1S/C11H18ClN5O/c1-13-10-14-9(12)15-11(16-10)17(2)6-8-4-3-5-18-7-8/h8H,3-7H2,1-2H3,(H,13,14,15,16). The van der Waals surface area contributed by atoms with E-state index in [0.717, 1.165) is 26.2 Å². The third-order valence-corrected chi connectivity index (χ3v) is 3.12. The summed E-state index contributed by atoms with van der Waals surface area (Å²) in [6.07, 6.45) is 2.31. The van der Waals surface area contributed by atoms with Crippen LogP contribution in [0.3, 0.4) is 0 Å². The molecule has 1 saturated heterocycles. The molecule has 0 bridgehead atoms. The van der Waals surface area contributed by atoms with Gasteiger partial charge in [-0.05, 0) is 30.4 Å². The second kappa shape index (κ2) is 6.15. The van der Waals surface area contributed by atoms with Gasteiger partial charge in [-0.25, -0.2) is 0 Å². The predicted molar refractivity (Wildman–Crippen MR) is 71.2 cm³/mol. The zero-order valence-corrected chi connectivity index (χ0v) is 11.4. The van der Waals surface area contributed by atoms with Gasteiger partial charge in [0.05, 0.1) is 6.61 Å². The number of hydrogen-bond acceptors (Lipinski definition) is 6. The Labute approximate surface area is 112 Å². The Morgan fingerprint density at radius 2 is 2.28 bits per heavy atom. The van der Waals surface area contributed by atoms with Gasteiger partial charge in [0.2, 0.25) is 17.2 Å². The molecule has 0 radical (unpaired) electrons. The molecule has 1 aromatic rings. The molecule has 100 valence electrons. The molecule has 1 aliphatic rings. The highest BCUT2D eigenvalue weighted by Gasteiger charge is 2.18. The molecular weight excluding hydrogens is 254 g/mol. The fourth-order valence-corrected chi connectivity index (χ4v) is 2.20. The molecule has 0 amide bonds. The molecular formula is C11H18ClN5O. The van der Waals surface area contributed by atoms with Crippen LogP contribution in [0.15, 0.2) is 0 Å². The summed E-state index contributed by atoms with van der Waals surface area (Å²) in [7, 11) is 3.71. The number of aromatic nitrogens is 3. The first-order valence-electron chi connectivity index (χ1n) is 6.07. The van der Waals surface area contributed by atoms with Crippen LogP contribution in [0.1, 0.15) is 12.8 Å². The molecule has 1 unspecified atom stereocenters. The van der Waals surface area contributed by atoms with E-state index in [1.165, 1.54) is 6.42 Å². The lowest BCUT2D eigenvalue weighted by Gasteiger charge is -2.27. The monoisotopic (exact) mass is 271 g/mol. The van der Waals surface area contributed by atoms with Crippen molar-refractivity contribution >= 4 is 23.5 Å². The molecule has 18 heavy (non-hydrogen) atoms. The van der Waals surface area contributed by atoms with Crippen molar-refractivity contribution in [3.8, 4) is 0 Å². The van der Waals surface area contributed by atoms with Crippen LogP contribution in [0.4, 0.5) is 11.9 Å². The Balaban J connectivity index is 2.02. The van der Waals surface area contributed by atoms with Crippen LogP contribution in [0.25, 0.3) is 0 Å². The Morgan fingerprint density at radius 3 is 2.94 bits per heavy atom. The first-order valence-corrected chi connectivity index (χ1v) is 6.45. The van der Waals surface area contributed by atoms with Crippen LogP contribution in [-0.2, 0) is 4.74 Å². The topological polar surface area (TPSA) is 63.2 Å². The van der Waals surface area contributed by atoms with Gasteiger partial charge in [-0.2, -0.15) is 15.0 Å². The van der Waals surface area contributed by atoms with Crippen LogP contribution in [0.5, 0.6) is 0 Å². The van der Waals surface area contributed by atoms with Gasteiger partial charge < -0.3 is 15.0 Å². The fraction of sp³-hybridized carbons (Fsp3) is 0.727. The number of halogens is 1. The summed E-state index contributed by atoms with van der Waals surface area (Å²) in [6, 6.07) is 0. The van der Waals surface area contributed by atoms with E-state index >= 15 is 0 Å². The normalized spacial score (nSPS) is 19.6. The van der Waals surface area contributed by atoms with Gasteiger partial charge in [0.25, 0.3) is 0 Å². The summed E-state index contributed by atoms with van der Waals surface area (Å²) in [5.41, 5.74) is 0. The summed E-state index contributed by atoms with van der Waals surface area (Å²) in [5.74, 6) is 1.60. The van der Waals surface area contributed by atoms with E-state index in [0.29, 0.717) is 17.8 Å². The lowest BCUT2D eigenvalue weighted by molar-refractivity contribution is 0.0575. The number of ether oxygens (including phenoxy) is 1. The lowest BCUT2D eigenvalue weighted by Crippen LogP contribution is -2.32. The van der Waals surface area contributed by atoms with E-state index in [1.54, 1.807) is 7.05 Å². The van der Waals surface area contributed by atoms with Crippen molar-refractivity contribution < 1.29 is 4.74 Å². The van der Waals surface area contributed by atoms with E-state index in [2.05, 4.69) is 20.3 Å². The van der Waals surface area contributed by atoms with E-state index in [4.69, 9.17) is 16.3 Å². The fourth-order valence-electron chi connectivity index (χ4n) is 2.04. The molecule has 0 spiro atoms. The molecule has 2 rings (SSSR count). The van der Waals surface area contributed by atoms with Crippen LogP contribution < -0.4 is 10.2 Å². The third-order valence-electron chi connectivity index (χ3n) is 2.95. The smallest absolute Gasteiger partial charge is 0.231 e. The maximum Gasteiger partial charge on any atom is 0.231 e. The zero-order valence-electron chi connectivity index (χ0n) is 10.7. The highest BCUT2D eigenvalue weighted by atomic mass is 35.5. The molecule has 1 aliphatic heterocycles. The van der Waals surface area contributed by atoms with Crippen LogP contribution in [0, 0.1) is 5.92 Å². The molecule has 1 atom stereocenters. The van der Waals surface area contributed by atoms with Crippen molar-refractivity contribution in [1.82, 2.24) is 15.0 Å². The van der Waals surface area contributed by atoms with E-state index in [1.807, 2.05) is 11.9 Å². The molecule has 0 saturated carbocycles. The third kappa shape index (κ3) is 3.43. The molecule has 0 aromatic carbocycles.